The summed E-state index contributed by atoms with van der Waals surface area (Å²) in [5.74, 6) is 1.11. The van der Waals surface area contributed by atoms with Crippen LogP contribution in [0.2, 0.25) is 0 Å². The van der Waals surface area contributed by atoms with Crippen LogP contribution in [0.15, 0.2) is 29.4 Å². The number of rotatable bonds is 7. The fraction of sp³-hybridized carbons (Fsp3) is 0.500. The Labute approximate surface area is 175 Å². The predicted octanol–water partition coefficient (Wildman–Crippen LogP) is 5.11. The minimum absolute atomic E-state index is 0.0489. The van der Waals surface area contributed by atoms with Crippen LogP contribution in [0, 0.1) is 5.41 Å². The van der Waals surface area contributed by atoms with Gasteiger partial charge in [0.1, 0.15) is 11.3 Å². The van der Waals surface area contributed by atoms with Crippen LogP contribution in [0.25, 0.3) is 10.9 Å². The van der Waals surface area contributed by atoms with Crippen LogP contribution < -0.4 is 4.74 Å². The lowest BCUT2D eigenvalue weighted by atomic mass is 9.82. The van der Waals surface area contributed by atoms with Crippen molar-refractivity contribution in [3.63, 3.8) is 0 Å². The molecule has 0 aliphatic carbocycles. The molecule has 0 atom stereocenters. The molecule has 1 aliphatic heterocycles. The van der Waals surface area contributed by atoms with E-state index in [9.17, 15) is 4.79 Å². The van der Waals surface area contributed by atoms with Gasteiger partial charge in [0, 0.05) is 28.5 Å². The highest BCUT2D eigenvalue weighted by atomic mass is 79.9. The molecule has 5 nitrogen and oxygen atoms in total. The largest absolute Gasteiger partial charge is 0.494 e. The van der Waals surface area contributed by atoms with E-state index >= 15 is 0 Å². The van der Waals surface area contributed by atoms with Crippen LogP contribution in [0.4, 0.5) is 0 Å². The van der Waals surface area contributed by atoms with Crippen molar-refractivity contribution in [1.82, 2.24) is 9.99 Å². The Hall–Kier alpha value is -1.95. The zero-order valence-corrected chi connectivity index (χ0v) is 18.8. The van der Waals surface area contributed by atoms with Crippen molar-refractivity contribution in [2.24, 2.45) is 10.5 Å². The van der Waals surface area contributed by atoms with Gasteiger partial charge in [0.15, 0.2) is 0 Å². The fourth-order valence-corrected chi connectivity index (χ4v) is 3.91. The number of fused-ring (bicyclic) bond motifs is 1. The van der Waals surface area contributed by atoms with Gasteiger partial charge in [-0.1, -0.05) is 35.8 Å². The van der Waals surface area contributed by atoms with Crippen molar-refractivity contribution in [3.8, 4) is 5.75 Å². The molecule has 1 aromatic heterocycles. The van der Waals surface area contributed by atoms with Gasteiger partial charge in [-0.3, -0.25) is 4.79 Å². The molecule has 0 fully saturated rings. The minimum Gasteiger partial charge on any atom is -0.494 e. The van der Waals surface area contributed by atoms with E-state index in [0.717, 1.165) is 51.8 Å². The second kappa shape index (κ2) is 8.19. The lowest BCUT2D eigenvalue weighted by Crippen LogP contribution is -2.35. The van der Waals surface area contributed by atoms with Gasteiger partial charge in [-0.2, -0.15) is 5.10 Å². The monoisotopic (exact) mass is 445 g/mol. The summed E-state index contributed by atoms with van der Waals surface area (Å²) in [6.45, 7) is 8.78. The van der Waals surface area contributed by atoms with E-state index in [4.69, 9.17) is 14.8 Å². The van der Waals surface area contributed by atoms with Gasteiger partial charge in [0.25, 0.3) is 5.91 Å². The molecule has 0 bridgehead atoms. The average Bonchev–Trinajstić information content (AvgIpc) is 2.90. The summed E-state index contributed by atoms with van der Waals surface area (Å²) in [6.07, 6.45) is 1.94. The molecule has 0 N–H and O–H groups in total. The first kappa shape index (κ1) is 20.8. The topological polar surface area (TPSA) is 54.8 Å². The smallest absolute Gasteiger partial charge is 0.254 e. The van der Waals surface area contributed by atoms with Gasteiger partial charge in [0.2, 0.25) is 0 Å². The highest BCUT2D eigenvalue weighted by Crippen LogP contribution is 2.37. The Morgan fingerprint density at radius 2 is 1.93 bits per heavy atom. The number of pyridine rings is 1. The number of carbonyl (C=O) groups is 1. The number of ether oxygens (including phenoxy) is 1. The average molecular weight is 446 g/mol. The number of unbranched alkanes of at least 4 members (excludes halogenated alkanes) is 1. The second-order valence-corrected chi connectivity index (χ2v) is 8.79. The van der Waals surface area contributed by atoms with Crippen LogP contribution in [-0.2, 0) is 4.79 Å². The van der Waals surface area contributed by atoms with Gasteiger partial charge >= 0.3 is 0 Å². The minimum atomic E-state index is -0.674. The Balaban J connectivity index is 2.11. The first-order valence-electron chi connectivity index (χ1n) is 9.76. The van der Waals surface area contributed by atoms with E-state index in [1.807, 2.05) is 32.0 Å². The molecule has 150 valence electrons. The zero-order chi connectivity index (χ0) is 20.5. The molecule has 2 aromatic rings. The molecular weight excluding hydrogens is 418 g/mol. The molecule has 0 unspecified atom stereocenters. The molecule has 1 aromatic carbocycles. The van der Waals surface area contributed by atoms with Crippen molar-refractivity contribution in [2.75, 3.05) is 19.0 Å². The van der Waals surface area contributed by atoms with Crippen LogP contribution in [0.5, 0.6) is 5.75 Å². The van der Waals surface area contributed by atoms with Crippen molar-refractivity contribution in [2.45, 2.75) is 46.5 Å². The van der Waals surface area contributed by atoms with Crippen molar-refractivity contribution in [3.05, 3.63) is 35.5 Å². The molecule has 3 rings (SSSR count). The van der Waals surface area contributed by atoms with E-state index in [0.29, 0.717) is 12.5 Å². The molecule has 2 heterocycles. The number of alkyl halides is 1. The van der Waals surface area contributed by atoms with Gasteiger partial charge < -0.3 is 4.74 Å². The number of amides is 1. The predicted molar refractivity (Wildman–Crippen MR) is 117 cm³/mol. The van der Waals surface area contributed by atoms with Gasteiger partial charge in [-0.25, -0.2) is 9.99 Å². The number of benzene rings is 1. The van der Waals surface area contributed by atoms with Crippen molar-refractivity contribution in [1.29, 1.82) is 0 Å². The highest BCUT2D eigenvalue weighted by molar-refractivity contribution is 9.09. The lowest BCUT2D eigenvalue weighted by molar-refractivity contribution is -0.135. The number of hydrazone groups is 1. The normalized spacial score (nSPS) is 16.2. The number of methoxy groups -OCH3 is 1. The molecule has 6 heteroatoms. The highest BCUT2D eigenvalue weighted by Gasteiger charge is 2.44. The van der Waals surface area contributed by atoms with Gasteiger partial charge in [-0.15, -0.1) is 0 Å². The summed E-state index contributed by atoms with van der Waals surface area (Å²) >= 11 is 3.44. The quantitative estimate of drug-likeness (QED) is 0.439. The third-order valence-corrected chi connectivity index (χ3v) is 5.80. The SMILES string of the molecule is COc1ccc(C2=NN(CCCCBr)C(=O)C2(C)C)c2ccc(C(C)C)nc12. The summed E-state index contributed by atoms with van der Waals surface area (Å²) in [6, 6.07) is 8.04. The Morgan fingerprint density at radius 3 is 2.57 bits per heavy atom. The molecule has 0 saturated carbocycles. The molecular formula is C22H28BrN3O2. The molecule has 0 radical (unpaired) electrons. The van der Waals surface area contributed by atoms with E-state index in [2.05, 4.69) is 35.8 Å². The Bertz CT molecular complexity index is 921. The number of hydrogen-bond acceptors (Lipinski definition) is 4. The third kappa shape index (κ3) is 3.66. The van der Waals surface area contributed by atoms with Crippen molar-refractivity contribution < 1.29 is 9.53 Å². The van der Waals surface area contributed by atoms with Crippen LogP contribution in [-0.4, -0.2) is 40.6 Å². The number of aromatic nitrogens is 1. The molecule has 0 spiro atoms. The molecule has 28 heavy (non-hydrogen) atoms. The zero-order valence-electron chi connectivity index (χ0n) is 17.3. The molecule has 1 amide bonds. The summed E-state index contributed by atoms with van der Waals surface area (Å²) in [5.41, 5.74) is 2.90. The maximum Gasteiger partial charge on any atom is 0.254 e. The standard InChI is InChI=1S/C22H28BrN3O2/c1-14(2)17-10-8-15-16(9-11-18(28-5)19(15)24-17)20-22(3,4)21(27)26(25-20)13-7-6-12-23/h8-11,14H,6-7,12-13H2,1-5H3. The van der Waals surface area contributed by atoms with Crippen LogP contribution in [0.1, 0.15) is 57.7 Å². The number of carbonyl (C=O) groups excluding carboxylic acids is 1. The van der Waals surface area contributed by atoms with E-state index < -0.39 is 5.41 Å². The van der Waals surface area contributed by atoms with E-state index in [-0.39, 0.29) is 5.91 Å². The maximum absolute atomic E-state index is 13.0. The Morgan fingerprint density at radius 1 is 1.18 bits per heavy atom. The van der Waals surface area contributed by atoms with E-state index in [1.165, 1.54) is 0 Å². The fourth-order valence-electron chi connectivity index (χ4n) is 3.51. The second-order valence-electron chi connectivity index (χ2n) is 8.00. The van der Waals surface area contributed by atoms with E-state index in [1.54, 1.807) is 12.1 Å². The van der Waals surface area contributed by atoms with Gasteiger partial charge in [-0.05, 0) is 50.8 Å². The molecule has 0 saturated heterocycles. The summed E-state index contributed by atoms with van der Waals surface area (Å²) in [5, 5.41) is 8.27. The lowest BCUT2D eigenvalue weighted by Gasteiger charge is -2.20. The van der Waals surface area contributed by atoms with Gasteiger partial charge in [0.05, 0.1) is 18.2 Å². The van der Waals surface area contributed by atoms with Crippen LogP contribution in [0.3, 0.4) is 0 Å². The Kier molecular flexibility index (Phi) is 6.08. The van der Waals surface area contributed by atoms with Crippen molar-refractivity contribution >= 4 is 38.5 Å². The first-order chi connectivity index (χ1) is 13.3. The molecule has 1 aliphatic rings. The first-order valence-corrected chi connectivity index (χ1v) is 10.9. The third-order valence-electron chi connectivity index (χ3n) is 5.24. The number of halogens is 1. The summed E-state index contributed by atoms with van der Waals surface area (Å²) < 4.78 is 5.56. The number of hydrogen-bond donors (Lipinski definition) is 0. The number of nitrogens with zero attached hydrogens (tertiary/aromatic N) is 3. The van der Waals surface area contributed by atoms with Crippen LogP contribution >= 0.6 is 15.9 Å². The summed E-state index contributed by atoms with van der Waals surface area (Å²) in [4.78, 5) is 17.8. The maximum atomic E-state index is 13.0. The summed E-state index contributed by atoms with van der Waals surface area (Å²) in [7, 11) is 1.66.